The molecule has 0 spiro atoms. The Bertz CT molecular complexity index is 539. The SMILES string of the molecule is Cc1cccc([N+](=O)[O-])c1NC(=O)C[NH+]1CC[NH+](C)CC1. The van der Waals surface area contributed by atoms with Crippen LogP contribution in [0.25, 0.3) is 0 Å². The lowest BCUT2D eigenvalue weighted by atomic mass is 10.1. The molecule has 21 heavy (non-hydrogen) atoms. The monoisotopic (exact) mass is 294 g/mol. The standard InChI is InChI=1S/C14H20N4O3/c1-11-4-3-5-12(18(20)21)14(11)15-13(19)10-17-8-6-16(2)7-9-17/h3-5H,6-10H2,1-2H3,(H,15,19)/p+2. The highest BCUT2D eigenvalue weighted by atomic mass is 16.6. The van der Waals surface area contributed by atoms with Gasteiger partial charge in [0.2, 0.25) is 0 Å². The van der Waals surface area contributed by atoms with Crippen molar-refractivity contribution in [1.29, 1.82) is 0 Å². The van der Waals surface area contributed by atoms with E-state index in [9.17, 15) is 14.9 Å². The van der Waals surface area contributed by atoms with Gasteiger partial charge in [-0.15, -0.1) is 0 Å². The van der Waals surface area contributed by atoms with Crippen LogP contribution in [0.2, 0.25) is 0 Å². The van der Waals surface area contributed by atoms with Crippen molar-refractivity contribution in [3.05, 3.63) is 33.9 Å². The first kappa shape index (κ1) is 15.4. The lowest BCUT2D eigenvalue weighted by Gasteiger charge is -2.26. The lowest BCUT2D eigenvalue weighted by molar-refractivity contribution is -0.999. The van der Waals surface area contributed by atoms with E-state index in [0.717, 1.165) is 26.2 Å². The highest BCUT2D eigenvalue weighted by Crippen LogP contribution is 2.27. The van der Waals surface area contributed by atoms with E-state index in [2.05, 4.69) is 12.4 Å². The molecule has 7 nitrogen and oxygen atoms in total. The lowest BCUT2D eigenvalue weighted by Crippen LogP contribution is -3.27. The number of piperazine rings is 1. The van der Waals surface area contributed by atoms with E-state index >= 15 is 0 Å². The molecular weight excluding hydrogens is 272 g/mol. The van der Waals surface area contributed by atoms with Gasteiger partial charge >= 0.3 is 0 Å². The normalized spacial score (nSPS) is 21.8. The molecule has 1 saturated heterocycles. The molecule has 7 heteroatoms. The number of amides is 1. The summed E-state index contributed by atoms with van der Waals surface area (Å²) in [4.78, 5) is 25.4. The minimum atomic E-state index is -0.464. The van der Waals surface area contributed by atoms with Crippen LogP contribution in [0.3, 0.4) is 0 Å². The predicted octanol–water partition coefficient (Wildman–Crippen LogP) is -1.75. The molecule has 1 aromatic carbocycles. The zero-order chi connectivity index (χ0) is 15.4. The van der Waals surface area contributed by atoms with E-state index in [1.807, 2.05) is 0 Å². The van der Waals surface area contributed by atoms with Crippen LogP contribution >= 0.6 is 0 Å². The van der Waals surface area contributed by atoms with E-state index in [4.69, 9.17) is 0 Å². The van der Waals surface area contributed by atoms with Crippen molar-refractivity contribution in [1.82, 2.24) is 0 Å². The number of nitro benzene ring substituents is 1. The van der Waals surface area contributed by atoms with E-state index in [1.165, 1.54) is 15.9 Å². The van der Waals surface area contributed by atoms with Crippen LogP contribution in [-0.2, 0) is 4.79 Å². The van der Waals surface area contributed by atoms with E-state index in [0.29, 0.717) is 17.8 Å². The summed E-state index contributed by atoms with van der Waals surface area (Å²) in [5, 5.41) is 13.7. The van der Waals surface area contributed by atoms with Gasteiger partial charge in [-0.1, -0.05) is 12.1 Å². The summed E-state index contributed by atoms with van der Waals surface area (Å²) in [6.07, 6.45) is 0. The third-order valence-corrected chi connectivity index (χ3v) is 3.93. The second kappa shape index (κ2) is 6.64. The van der Waals surface area contributed by atoms with Gasteiger partial charge in [-0.25, -0.2) is 0 Å². The van der Waals surface area contributed by atoms with Gasteiger partial charge in [0, 0.05) is 6.07 Å². The van der Waals surface area contributed by atoms with Crippen LogP contribution in [0, 0.1) is 17.0 Å². The Morgan fingerprint density at radius 1 is 1.33 bits per heavy atom. The topological polar surface area (TPSA) is 81.1 Å². The molecule has 1 heterocycles. The first-order chi connectivity index (χ1) is 9.97. The summed E-state index contributed by atoms with van der Waals surface area (Å²) in [5.74, 6) is -0.165. The molecule has 0 radical (unpaired) electrons. The van der Waals surface area contributed by atoms with Crippen molar-refractivity contribution in [3.63, 3.8) is 0 Å². The molecule has 1 aliphatic rings. The Labute approximate surface area is 123 Å². The fourth-order valence-corrected chi connectivity index (χ4v) is 2.58. The summed E-state index contributed by atoms with van der Waals surface area (Å²) in [7, 11) is 2.15. The third kappa shape index (κ3) is 3.99. The minimum absolute atomic E-state index is 0.0545. The second-order valence-corrected chi connectivity index (χ2v) is 5.66. The number of hydrogen-bond donors (Lipinski definition) is 3. The van der Waals surface area contributed by atoms with Gasteiger partial charge in [0.15, 0.2) is 6.54 Å². The Morgan fingerprint density at radius 2 is 2.00 bits per heavy atom. The highest BCUT2D eigenvalue weighted by molar-refractivity contribution is 5.94. The summed E-state index contributed by atoms with van der Waals surface area (Å²) in [6.45, 7) is 6.12. The number of carbonyl (C=O) groups excluding carboxylic acids is 1. The number of nitro groups is 1. The molecular formula is C14H22N4O3+2. The summed E-state index contributed by atoms with van der Waals surface area (Å²) in [6, 6.07) is 4.79. The van der Waals surface area contributed by atoms with Gasteiger partial charge in [0.25, 0.3) is 11.6 Å². The van der Waals surface area contributed by atoms with Crippen LogP contribution in [0.15, 0.2) is 18.2 Å². The maximum atomic E-state index is 12.1. The van der Waals surface area contributed by atoms with Gasteiger partial charge in [-0.2, -0.15) is 0 Å². The van der Waals surface area contributed by atoms with Crippen LogP contribution in [-0.4, -0.2) is 50.6 Å². The first-order valence-corrected chi connectivity index (χ1v) is 7.16. The van der Waals surface area contributed by atoms with E-state index in [-0.39, 0.29) is 11.6 Å². The number of benzene rings is 1. The minimum Gasteiger partial charge on any atom is -0.328 e. The summed E-state index contributed by atoms with van der Waals surface area (Å²) < 4.78 is 0. The predicted molar refractivity (Wildman–Crippen MR) is 78.6 cm³/mol. The van der Waals surface area contributed by atoms with Gasteiger partial charge in [0.1, 0.15) is 31.9 Å². The van der Waals surface area contributed by atoms with Crippen molar-refractivity contribution >= 4 is 17.3 Å². The zero-order valence-corrected chi connectivity index (χ0v) is 12.4. The Hall–Kier alpha value is -1.99. The van der Waals surface area contributed by atoms with Gasteiger partial charge in [0.05, 0.1) is 12.0 Å². The average Bonchev–Trinajstić information content (AvgIpc) is 2.43. The fourth-order valence-electron chi connectivity index (χ4n) is 2.58. The van der Waals surface area contributed by atoms with Crippen molar-refractivity contribution in [2.75, 3.05) is 45.1 Å². The number of hydrogen-bond acceptors (Lipinski definition) is 3. The number of likely N-dealkylation sites (N-methyl/N-ethyl adjacent to an activating group) is 1. The van der Waals surface area contributed by atoms with Gasteiger partial charge in [-0.3, -0.25) is 14.9 Å². The number of para-hydroxylation sites is 1. The van der Waals surface area contributed by atoms with Crippen LogP contribution in [0.4, 0.5) is 11.4 Å². The van der Waals surface area contributed by atoms with Crippen molar-refractivity contribution in [2.24, 2.45) is 0 Å². The number of anilines is 1. The largest absolute Gasteiger partial charge is 0.328 e. The summed E-state index contributed by atoms with van der Waals surface area (Å²) >= 11 is 0. The molecule has 1 aliphatic heterocycles. The molecule has 0 aromatic heterocycles. The number of quaternary nitrogens is 2. The Morgan fingerprint density at radius 3 is 2.62 bits per heavy atom. The van der Waals surface area contributed by atoms with Gasteiger partial charge < -0.3 is 15.1 Å². The number of nitrogens with zero attached hydrogens (tertiary/aromatic N) is 1. The zero-order valence-electron chi connectivity index (χ0n) is 12.4. The molecule has 0 saturated carbocycles. The van der Waals surface area contributed by atoms with E-state index < -0.39 is 4.92 Å². The number of rotatable bonds is 4. The van der Waals surface area contributed by atoms with Crippen molar-refractivity contribution in [2.45, 2.75) is 6.92 Å². The molecule has 3 N–H and O–H groups in total. The molecule has 0 atom stereocenters. The quantitative estimate of drug-likeness (QED) is 0.455. The summed E-state index contributed by atoms with van der Waals surface area (Å²) in [5.41, 5.74) is 0.961. The molecule has 1 aromatic rings. The maximum absolute atomic E-state index is 12.1. The maximum Gasteiger partial charge on any atom is 0.293 e. The Balaban J connectivity index is 2.01. The van der Waals surface area contributed by atoms with Crippen LogP contribution in [0.1, 0.15) is 5.56 Å². The number of carbonyl (C=O) groups is 1. The Kier molecular flexibility index (Phi) is 4.87. The number of aryl methyl sites for hydroxylation is 1. The highest BCUT2D eigenvalue weighted by Gasteiger charge is 2.24. The number of nitrogens with one attached hydrogen (secondary N) is 3. The smallest absolute Gasteiger partial charge is 0.293 e. The third-order valence-electron chi connectivity index (χ3n) is 3.93. The first-order valence-electron chi connectivity index (χ1n) is 7.16. The molecule has 1 amide bonds. The van der Waals surface area contributed by atoms with Crippen LogP contribution < -0.4 is 15.1 Å². The van der Waals surface area contributed by atoms with Gasteiger partial charge in [-0.05, 0) is 12.5 Å². The molecule has 0 aliphatic carbocycles. The van der Waals surface area contributed by atoms with Crippen molar-refractivity contribution < 1.29 is 19.5 Å². The van der Waals surface area contributed by atoms with Crippen LogP contribution in [0.5, 0.6) is 0 Å². The molecule has 114 valence electrons. The molecule has 1 fully saturated rings. The molecule has 0 bridgehead atoms. The second-order valence-electron chi connectivity index (χ2n) is 5.66. The van der Waals surface area contributed by atoms with Crippen molar-refractivity contribution in [3.8, 4) is 0 Å². The molecule has 0 unspecified atom stereocenters. The average molecular weight is 294 g/mol. The fraction of sp³-hybridized carbons (Fsp3) is 0.500. The molecule has 2 rings (SSSR count). The van der Waals surface area contributed by atoms with E-state index in [1.54, 1.807) is 19.1 Å².